The van der Waals surface area contributed by atoms with Crippen LogP contribution in [0.3, 0.4) is 0 Å². The normalized spacial score (nSPS) is 7.80. The van der Waals surface area contributed by atoms with Gasteiger partial charge in [-0.25, -0.2) is 4.79 Å². The van der Waals surface area contributed by atoms with Crippen LogP contribution in [0.15, 0.2) is 0 Å². The summed E-state index contributed by atoms with van der Waals surface area (Å²) in [7, 11) is 0. The summed E-state index contributed by atoms with van der Waals surface area (Å²) < 4.78 is 4.36. The standard InChI is InChI=1S/C5H10O4.Mg.2H/c1-3-7-5(6)9-8-4-2;;;/h3-4H2,1-2H3;;;/q;+2;2*-1. The number of hydrogen-bond donors (Lipinski definition) is 0. The maximum Gasteiger partial charge on any atom is 2.00 e. The average Bonchev–Trinajstić information content (AvgIpc) is 1.85. The molecule has 0 rings (SSSR count). The summed E-state index contributed by atoms with van der Waals surface area (Å²) in [6, 6.07) is 0. The second-order valence-electron chi connectivity index (χ2n) is 1.17. The monoisotopic (exact) mass is 160 g/mol. The number of ether oxygens (including phenoxy) is 1. The maximum absolute atomic E-state index is 10.2. The summed E-state index contributed by atoms with van der Waals surface area (Å²) in [5, 5.41) is 0. The van der Waals surface area contributed by atoms with Crippen molar-refractivity contribution in [2.24, 2.45) is 0 Å². The Morgan fingerprint density at radius 3 is 2.40 bits per heavy atom. The van der Waals surface area contributed by atoms with Crippen molar-refractivity contribution in [3.63, 3.8) is 0 Å². The zero-order valence-corrected chi connectivity index (χ0v) is 7.67. The van der Waals surface area contributed by atoms with E-state index in [2.05, 4.69) is 14.5 Å². The number of carbonyl (C=O) groups excluding carboxylic acids is 1. The SMILES string of the molecule is CCOOC(=O)OCC.[H-].[H-].[Mg+2]. The van der Waals surface area contributed by atoms with Gasteiger partial charge in [0.1, 0.15) is 0 Å². The van der Waals surface area contributed by atoms with Crippen LogP contribution >= 0.6 is 0 Å². The van der Waals surface area contributed by atoms with E-state index in [9.17, 15) is 4.79 Å². The van der Waals surface area contributed by atoms with Gasteiger partial charge in [0.25, 0.3) is 0 Å². The molecule has 0 atom stereocenters. The van der Waals surface area contributed by atoms with Gasteiger partial charge >= 0.3 is 29.2 Å². The number of carbonyl (C=O) groups is 1. The van der Waals surface area contributed by atoms with Crippen LogP contribution in [0.5, 0.6) is 0 Å². The van der Waals surface area contributed by atoms with Gasteiger partial charge in [0.05, 0.1) is 13.2 Å². The molecule has 0 amide bonds. The molecule has 4 nitrogen and oxygen atoms in total. The predicted molar refractivity (Wildman–Crippen MR) is 37.7 cm³/mol. The van der Waals surface area contributed by atoms with Crippen molar-refractivity contribution in [3.05, 3.63) is 0 Å². The first-order valence-corrected chi connectivity index (χ1v) is 2.77. The van der Waals surface area contributed by atoms with Gasteiger partial charge in [-0.3, -0.25) is 4.89 Å². The molecule has 0 radical (unpaired) electrons. The summed E-state index contributed by atoms with van der Waals surface area (Å²) in [5.74, 6) is 0. The summed E-state index contributed by atoms with van der Waals surface area (Å²) >= 11 is 0. The summed E-state index contributed by atoms with van der Waals surface area (Å²) in [5.41, 5.74) is 0. The fourth-order valence-corrected chi connectivity index (χ4v) is 0.249. The van der Waals surface area contributed by atoms with Crippen molar-refractivity contribution in [1.29, 1.82) is 0 Å². The molecule has 0 aliphatic carbocycles. The van der Waals surface area contributed by atoms with E-state index in [1.165, 1.54) is 0 Å². The summed E-state index contributed by atoms with van der Waals surface area (Å²) in [4.78, 5) is 18.6. The van der Waals surface area contributed by atoms with Gasteiger partial charge in [0.2, 0.25) is 0 Å². The molecule has 5 heteroatoms. The predicted octanol–water partition coefficient (Wildman–Crippen LogP) is 0.955. The van der Waals surface area contributed by atoms with E-state index in [4.69, 9.17) is 0 Å². The third-order valence-corrected chi connectivity index (χ3v) is 0.507. The van der Waals surface area contributed by atoms with Crippen LogP contribution < -0.4 is 0 Å². The van der Waals surface area contributed by atoms with Gasteiger partial charge in [-0.05, 0) is 13.8 Å². The van der Waals surface area contributed by atoms with E-state index in [1.54, 1.807) is 13.8 Å². The molecule has 0 aromatic carbocycles. The smallest absolute Gasteiger partial charge is 1.00 e. The van der Waals surface area contributed by atoms with Crippen LogP contribution in [-0.4, -0.2) is 42.4 Å². The number of hydrogen-bond acceptors (Lipinski definition) is 4. The van der Waals surface area contributed by atoms with E-state index in [0.29, 0.717) is 13.2 Å². The topological polar surface area (TPSA) is 44.8 Å². The Hall–Kier alpha value is -0.00377. The van der Waals surface area contributed by atoms with Gasteiger partial charge in [-0.2, -0.15) is 4.89 Å². The van der Waals surface area contributed by atoms with Gasteiger partial charge in [-0.1, -0.05) is 0 Å². The molecule has 0 aromatic rings. The van der Waals surface area contributed by atoms with E-state index in [-0.39, 0.29) is 25.9 Å². The van der Waals surface area contributed by atoms with Crippen LogP contribution in [0.2, 0.25) is 0 Å². The molecule has 0 unspecified atom stereocenters. The van der Waals surface area contributed by atoms with Gasteiger partial charge < -0.3 is 7.59 Å². The molecular formula is C5H12MgO4. The Morgan fingerprint density at radius 2 is 2.00 bits per heavy atom. The molecule has 0 saturated heterocycles. The quantitative estimate of drug-likeness (QED) is 0.267. The molecule has 0 aliphatic heterocycles. The Morgan fingerprint density at radius 1 is 1.40 bits per heavy atom. The maximum atomic E-state index is 10.2. The zero-order valence-electron chi connectivity index (χ0n) is 8.25. The van der Waals surface area contributed by atoms with Crippen LogP contribution in [0.1, 0.15) is 16.7 Å². The van der Waals surface area contributed by atoms with Crippen molar-refractivity contribution < 1.29 is 22.2 Å². The molecule has 0 aromatic heterocycles. The van der Waals surface area contributed by atoms with Gasteiger partial charge in [0, 0.05) is 0 Å². The largest absolute Gasteiger partial charge is 2.00 e. The Kier molecular flexibility index (Phi) is 11.4. The van der Waals surface area contributed by atoms with E-state index >= 15 is 0 Å². The third-order valence-electron chi connectivity index (χ3n) is 0.507. The molecule has 0 N–H and O–H groups in total. The van der Waals surface area contributed by atoms with Crippen LogP contribution in [0, 0.1) is 0 Å². The Balaban J connectivity index is -0.000000107. The van der Waals surface area contributed by atoms with Gasteiger partial charge in [-0.15, -0.1) is 0 Å². The Bertz CT molecular complexity index is 93.5. The molecule has 0 fully saturated rings. The van der Waals surface area contributed by atoms with E-state index in [0.717, 1.165) is 0 Å². The minimum atomic E-state index is -0.792. The van der Waals surface area contributed by atoms with Gasteiger partial charge in [0.15, 0.2) is 0 Å². The first-order chi connectivity index (χ1) is 4.31. The molecule has 0 bridgehead atoms. The molecular weight excluding hydrogens is 148 g/mol. The fraction of sp³-hybridized carbons (Fsp3) is 0.800. The second kappa shape index (κ2) is 9.00. The second-order valence-corrected chi connectivity index (χ2v) is 1.17. The molecule has 10 heavy (non-hydrogen) atoms. The minimum Gasteiger partial charge on any atom is -1.00 e. The molecule has 0 saturated carbocycles. The van der Waals surface area contributed by atoms with E-state index in [1.807, 2.05) is 0 Å². The van der Waals surface area contributed by atoms with E-state index < -0.39 is 6.16 Å². The average molecular weight is 160 g/mol. The molecule has 0 spiro atoms. The van der Waals surface area contributed by atoms with Crippen molar-refractivity contribution >= 4 is 29.2 Å². The minimum absolute atomic E-state index is 0. The summed E-state index contributed by atoms with van der Waals surface area (Å²) in [6.45, 7) is 4.02. The fourth-order valence-electron chi connectivity index (χ4n) is 0.249. The van der Waals surface area contributed by atoms with Crippen LogP contribution in [0.25, 0.3) is 0 Å². The molecule has 0 aliphatic rings. The first-order valence-electron chi connectivity index (χ1n) is 2.77. The van der Waals surface area contributed by atoms with Crippen molar-refractivity contribution in [2.45, 2.75) is 13.8 Å². The zero-order chi connectivity index (χ0) is 7.11. The summed E-state index contributed by atoms with van der Waals surface area (Å²) in [6.07, 6.45) is -0.792. The van der Waals surface area contributed by atoms with Crippen molar-refractivity contribution in [2.75, 3.05) is 13.2 Å². The van der Waals surface area contributed by atoms with Crippen LogP contribution in [0.4, 0.5) is 4.79 Å². The van der Waals surface area contributed by atoms with Crippen molar-refractivity contribution in [1.82, 2.24) is 0 Å². The Labute approximate surface area is 78.9 Å². The molecule has 0 heterocycles. The van der Waals surface area contributed by atoms with Crippen molar-refractivity contribution in [3.8, 4) is 0 Å². The molecule has 58 valence electrons. The number of rotatable bonds is 3. The van der Waals surface area contributed by atoms with Crippen LogP contribution in [-0.2, 0) is 14.5 Å². The third kappa shape index (κ3) is 8.00. The first kappa shape index (κ1) is 12.7.